The van der Waals surface area contributed by atoms with E-state index in [9.17, 15) is 4.79 Å². The van der Waals surface area contributed by atoms with Gasteiger partial charge in [-0.1, -0.05) is 15.9 Å². The maximum atomic E-state index is 10.8. The van der Waals surface area contributed by atoms with E-state index in [0.29, 0.717) is 25.0 Å². The molecule has 0 atom stereocenters. The molecule has 0 aliphatic carbocycles. The number of rotatable bonds is 3. The van der Waals surface area contributed by atoms with Crippen molar-refractivity contribution in [1.82, 2.24) is 9.88 Å². The molecule has 6 nitrogen and oxygen atoms in total. The third-order valence-electron chi connectivity index (χ3n) is 3.78. The number of fused-ring (bicyclic) bond motifs is 1. The molecular formula is C14H16BrN3O3. The highest BCUT2D eigenvalue weighted by Gasteiger charge is 2.22. The average Bonchev–Trinajstić information content (AvgIpc) is 2.87. The summed E-state index contributed by atoms with van der Waals surface area (Å²) in [7, 11) is 0. The SMILES string of the molecule is O=C(O)N1CCC(CNc2nc3cc(Br)ccc3o2)CC1. The van der Waals surface area contributed by atoms with Gasteiger partial charge in [0.15, 0.2) is 5.58 Å². The van der Waals surface area contributed by atoms with E-state index in [0.717, 1.165) is 35.0 Å². The molecule has 2 aromatic rings. The summed E-state index contributed by atoms with van der Waals surface area (Å²) in [5.41, 5.74) is 1.56. The Labute approximate surface area is 130 Å². The van der Waals surface area contributed by atoms with Crippen molar-refractivity contribution in [3.8, 4) is 0 Å². The zero-order valence-corrected chi connectivity index (χ0v) is 13.0. The number of hydrogen-bond donors (Lipinski definition) is 2. The van der Waals surface area contributed by atoms with E-state index in [1.807, 2.05) is 18.2 Å². The lowest BCUT2D eigenvalue weighted by molar-refractivity contribution is 0.126. The number of piperidine rings is 1. The molecule has 7 heteroatoms. The van der Waals surface area contributed by atoms with Crippen LogP contribution in [0.4, 0.5) is 10.8 Å². The predicted molar refractivity (Wildman–Crippen MR) is 82.5 cm³/mol. The van der Waals surface area contributed by atoms with Crippen molar-refractivity contribution in [3.63, 3.8) is 0 Å². The van der Waals surface area contributed by atoms with E-state index in [-0.39, 0.29) is 0 Å². The van der Waals surface area contributed by atoms with Gasteiger partial charge in [0.25, 0.3) is 6.01 Å². The summed E-state index contributed by atoms with van der Waals surface area (Å²) in [4.78, 5) is 16.7. The minimum absolute atomic E-state index is 0.447. The molecule has 1 aromatic heterocycles. The topological polar surface area (TPSA) is 78.6 Å². The molecule has 3 rings (SSSR count). The summed E-state index contributed by atoms with van der Waals surface area (Å²) < 4.78 is 6.59. The number of nitrogens with zero attached hydrogens (tertiary/aromatic N) is 2. The van der Waals surface area contributed by atoms with Crippen molar-refractivity contribution in [2.24, 2.45) is 5.92 Å². The predicted octanol–water partition coefficient (Wildman–Crippen LogP) is 3.39. The molecule has 0 unspecified atom stereocenters. The Kier molecular flexibility index (Phi) is 4.01. The van der Waals surface area contributed by atoms with Gasteiger partial charge in [-0.2, -0.15) is 4.98 Å². The third-order valence-corrected chi connectivity index (χ3v) is 4.27. The van der Waals surface area contributed by atoms with Gasteiger partial charge in [0.1, 0.15) is 5.52 Å². The Morgan fingerprint density at radius 3 is 2.95 bits per heavy atom. The summed E-state index contributed by atoms with van der Waals surface area (Å²) in [6, 6.07) is 6.22. The molecule has 1 amide bonds. The number of carboxylic acid groups (broad SMARTS) is 1. The van der Waals surface area contributed by atoms with Gasteiger partial charge in [0.05, 0.1) is 0 Å². The van der Waals surface area contributed by atoms with Crippen LogP contribution >= 0.6 is 15.9 Å². The summed E-state index contributed by atoms with van der Waals surface area (Å²) in [6.45, 7) is 1.95. The molecule has 2 N–H and O–H groups in total. The second-order valence-electron chi connectivity index (χ2n) is 5.22. The Balaban J connectivity index is 1.56. The maximum absolute atomic E-state index is 10.8. The average molecular weight is 354 g/mol. The summed E-state index contributed by atoms with van der Waals surface area (Å²) in [5.74, 6) is 0.447. The summed E-state index contributed by atoms with van der Waals surface area (Å²) in [5, 5.41) is 12.1. The van der Waals surface area contributed by atoms with Gasteiger partial charge < -0.3 is 19.7 Å². The first-order valence-electron chi connectivity index (χ1n) is 6.89. The number of hydrogen-bond acceptors (Lipinski definition) is 4. The minimum atomic E-state index is -0.828. The van der Waals surface area contributed by atoms with Crippen LogP contribution in [0.15, 0.2) is 27.1 Å². The highest BCUT2D eigenvalue weighted by molar-refractivity contribution is 9.10. The number of nitrogens with one attached hydrogen (secondary N) is 1. The molecule has 21 heavy (non-hydrogen) atoms. The molecule has 1 fully saturated rings. The number of likely N-dealkylation sites (tertiary alicyclic amines) is 1. The molecule has 0 saturated carbocycles. The first-order valence-corrected chi connectivity index (χ1v) is 7.69. The van der Waals surface area contributed by atoms with E-state index in [1.54, 1.807) is 0 Å². The van der Waals surface area contributed by atoms with Crippen LogP contribution in [0.2, 0.25) is 0 Å². The smallest absolute Gasteiger partial charge is 0.407 e. The second-order valence-corrected chi connectivity index (χ2v) is 6.14. The fourth-order valence-corrected chi connectivity index (χ4v) is 2.89. The third kappa shape index (κ3) is 3.29. The fourth-order valence-electron chi connectivity index (χ4n) is 2.54. The second kappa shape index (κ2) is 5.93. The molecule has 2 heterocycles. The highest BCUT2D eigenvalue weighted by Crippen LogP contribution is 2.23. The number of amides is 1. The Morgan fingerprint density at radius 2 is 2.24 bits per heavy atom. The van der Waals surface area contributed by atoms with Gasteiger partial charge in [0.2, 0.25) is 0 Å². The zero-order chi connectivity index (χ0) is 14.8. The van der Waals surface area contributed by atoms with Gasteiger partial charge >= 0.3 is 6.09 Å². The molecule has 1 saturated heterocycles. The van der Waals surface area contributed by atoms with E-state index >= 15 is 0 Å². The lowest BCUT2D eigenvalue weighted by atomic mass is 9.97. The van der Waals surface area contributed by atoms with Crippen LogP contribution in [0.3, 0.4) is 0 Å². The lowest BCUT2D eigenvalue weighted by Gasteiger charge is -2.29. The van der Waals surface area contributed by atoms with E-state index in [1.165, 1.54) is 4.90 Å². The normalized spacial score (nSPS) is 16.3. The summed E-state index contributed by atoms with van der Waals surface area (Å²) >= 11 is 3.41. The van der Waals surface area contributed by atoms with E-state index < -0.39 is 6.09 Å². The molecule has 1 aliphatic heterocycles. The quantitative estimate of drug-likeness (QED) is 0.883. The van der Waals surface area contributed by atoms with Crippen LogP contribution < -0.4 is 5.32 Å². The van der Waals surface area contributed by atoms with Gasteiger partial charge in [0, 0.05) is 24.1 Å². The van der Waals surface area contributed by atoms with Crippen molar-refractivity contribution in [2.75, 3.05) is 25.0 Å². The standard InChI is InChI=1S/C14H16BrN3O3/c15-10-1-2-12-11(7-10)17-13(21-12)16-8-9-3-5-18(6-4-9)14(19)20/h1-2,7,9H,3-6,8H2,(H,16,17)(H,19,20). The first-order chi connectivity index (χ1) is 10.1. The van der Waals surface area contributed by atoms with Gasteiger partial charge in [-0.3, -0.25) is 0 Å². The number of halogens is 1. The lowest BCUT2D eigenvalue weighted by Crippen LogP contribution is -2.39. The largest absolute Gasteiger partial charge is 0.465 e. The zero-order valence-electron chi connectivity index (χ0n) is 11.4. The Morgan fingerprint density at radius 1 is 1.48 bits per heavy atom. The molecule has 0 radical (unpaired) electrons. The first kappa shape index (κ1) is 14.2. The maximum Gasteiger partial charge on any atom is 0.407 e. The molecular weight excluding hydrogens is 338 g/mol. The molecule has 0 bridgehead atoms. The number of anilines is 1. The number of benzene rings is 1. The fraction of sp³-hybridized carbons (Fsp3) is 0.429. The highest BCUT2D eigenvalue weighted by atomic mass is 79.9. The van der Waals surface area contributed by atoms with Crippen molar-refractivity contribution in [1.29, 1.82) is 0 Å². The minimum Gasteiger partial charge on any atom is -0.465 e. The van der Waals surface area contributed by atoms with E-state index in [2.05, 4.69) is 26.2 Å². The van der Waals surface area contributed by atoms with Crippen LogP contribution in [0.25, 0.3) is 11.1 Å². The number of oxazole rings is 1. The van der Waals surface area contributed by atoms with E-state index in [4.69, 9.17) is 9.52 Å². The molecule has 1 aliphatic rings. The Hall–Kier alpha value is -1.76. The van der Waals surface area contributed by atoms with Crippen LogP contribution in [0, 0.1) is 5.92 Å². The van der Waals surface area contributed by atoms with Crippen molar-refractivity contribution >= 4 is 39.1 Å². The van der Waals surface area contributed by atoms with Crippen LogP contribution in [-0.4, -0.2) is 40.7 Å². The van der Waals surface area contributed by atoms with Crippen LogP contribution in [-0.2, 0) is 0 Å². The van der Waals surface area contributed by atoms with Gasteiger partial charge in [-0.25, -0.2) is 4.79 Å². The van der Waals surface area contributed by atoms with Crippen LogP contribution in [0.5, 0.6) is 0 Å². The van der Waals surface area contributed by atoms with Crippen molar-refractivity contribution < 1.29 is 14.3 Å². The van der Waals surface area contributed by atoms with Crippen molar-refractivity contribution in [3.05, 3.63) is 22.7 Å². The summed E-state index contributed by atoms with van der Waals surface area (Å²) in [6.07, 6.45) is 0.904. The van der Waals surface area contributed by atoms with Crippen molar-refractivity contribution in [2.45, 2.75) is 12.8 Å². The monoisotopic (exact) mass is 353 g/mol. The molecule has 112 valence electrons. The van der Waals surface area contributed by atoms with Gasteiger partial charge in [-0.15, -0.1) is 0 Å². The molecule has 0 spiro atoms. The Bertz CT molecular complexity index is 650. The number of aromatic nitrogens is 1. The van der Waals surface area contributed by atoms with Crippen LogP contribution in [0.1, 0.15) is 12.8 Å². The van der Waals surface area contributed by atoms with Gasteiger partial charge in [-0.05, 0) is 37.0 Å². The molecule has 1 aromatic carbocycles. The number of carbonyl (C=O) groups is 1.